The average molecular weight is 197 g/mol. The van der Waals surface area contributed by atoms with Crippen LogP contribution in [0.5, 0.6) is 0 Å². The predicted octanol–water partition coefficient (Wildman–Crippen LogP) is 1.46. The second-order valence-electron chi connectivity index (χ2n) is 2.53. The average Bonchev–Trinajstić information content (AvgIpc) is 2.55. The molecule has 1 aromatic rings. The highest BCUT2D eigenvalue weighted by molar-refractivity contribution is 7.12. The summed E-state index contributed by atoms with van der Waals surface area (Å²) in [6.07, 6.45) is -0.0473. The van der Waals surface area contributed by atoms with Gasteiger partial charge in [0.1, 0.15) is 0 Å². The van der Waals surface area contributed by atoms with E-state index in [4.69, 9.17) is 0 Å². The van der Waals surface area contributed by atoms with Crippen LogP contribution in [0.25, 0.3) is 0 Å². The largest absolute Gasteiger partial charge is 0.356 e. The smallest absolute Gasteiger partial charge is 0.227 e. The van der Waals surface area contributed by atoms with Crippen molar-refractivity contribution in [3.05, 3.63) is 22.4 Å². The minimum atomic E-state index is -0.207. The number of rotatable bonds is 4. The fourth-order valence-corrected chi connectivity index (χ4v) is 1.59. The highest BCUT2D eigenvalue weighted by atomic mass is 32.1. The molecule has 0 radical (unpaired) electrons. The molecule has 0 unspecified atom stereocenters. The number of amides is 1. The fraction of sp³-hybridized carbons (Fsp3) is 0.333. The van der Waals surface area contributed by atoms with E-state index in [9.17, 15) is 9.59 Å². The van der Waals surface area contributed by atoms with Gasteiger partial charge in [0.15, 0.2) is 5.78 Å². The molecule has 0 atom stereocenters. The molecule has 0 saturated heterocycles. The van der Waals surface area contributed by atoms with Gasteiger partial charge in [-0.3, -0.25) is 9.59 Å². The van der Waals surface area contributed by atoms with Crippen LogP contribution in [0.3, 0.4) is 0 Å². The normalized spacial score (nSPS) is 9.62. The second kappa shape index (κ2) is 4.77. The van der Waals surface area contributed by atoms with Crippen molar-refractivity contribution in [2.75, 3.05) is 6.54 Å². The van der Waals surface area contributed by atoms with Gasteiger partial charge in [0.05, 0.1) is 11.3 Å². The van der Waals surface area contributed by atoms with Gasteiger partial charge in [-0.25, -0.2) is 0 Å². The third-order valence-electron chi connectivity index (χ3n) is 1.49. The number of nitrogens with one attached hydrogen (secondary N) is 1. The van der Waals surface area contributed by atoms with Crippen LogP contribution < -0.4 is 5.32 Å². The van der Waals surface area contributed by atoms with Crippen molar-refractivity contribution in [3.8, 4) is 0 Å². The predicted molar refractivity (Wildman–Crippen MR) is 52.0 cm³/mol. The topological polar surface area (TPSA) is 46.2 Å². The molecular formula is C9H11NO2S. The van der Waals surface area contributed by atoms with Crippen LogP contribution >= 0.6 is 11.3 Å². The van der Waals surface area contributed by atoms with E-state index in [2.05, 4.69) is 5.32 Å². The number of Topliss-reactive ketones (excluding diaryl/α,β-unsaturated/α-hetero) is 1. The Morgan fingerprint density at radius 3 is 2.85 bits per heavy atom. The highest BCUT2D eigenvalue weighted by Crippen LogP contribution is 2.10. The second-order valence-corrected chi connectivity index (χ2v) is 3.48. The number of hydrogen-bond donors (Lipinski definition) is 1. The molecule has 13 heavy (non-hydrogen) atoms. The minimum Gasteiger partial charge on any atom is -0.356 e. The highest BCUT2D eigenvalue weighted by Gasteiger charge is 2.11. The molecule has 0 aromatic carbocycles. The molecule has 1 rings (SSSR count). The Morgan fingerprint density at radius 2 is 2.31 bits per heavy atom. The number of carbonyl (C=O) groups excluding carboxylic acids is 2. The zero-order valence-electron chi connectivity index (χ0n) is 7.37. The van der Waals surface area contributed by atoms with Crippen LogP contribution in [0.2, 0.25) is 0 Å². The summed E-state index contributed by atoms with van der Waals surface area (Å²) in [6.45, 7) is 2.39. The van der Waals surface area contributed by atoms with E-state index < -0.39 is 0 Å². The third-order valence-corrected chi connectivity index (χ3v) is 2.40. The quantitative estimate of drug-likeness (QED) is 0.586. The van der Waals surface area contributed by atoms with Crippen LogP contribution in [0.15, 0.2) is 17.5 Å². The SMILES string of the molecule is CCNC(=O)CC(=O)c1cccs1. The summed E-state index contributed by atoms with van der Waals surface area (Å²) in [7, 11) is 0. The summed E-state index contributed by atoms with van der Waals surface area (Å²) in [6, 6.07) is 3.53. The van der Waals surface area contributed by atoms with Gasteiger partial charge >= 0.3 is 0 Å². The van der Waals surface area contributed by atoms with E-state index in [-0.39, 0.29) is 18.1 Å². The van der Waals surface area contributed by atoms with Gasteiger partial charge in [-0.05, 0) is 18.4 Å². The van der Waals surface area contributed by atoms with Crippen molar-refractivity contribution in [2.45, 2.75) is 13.3 Å². The zero-order chi connectivity index (χ0) is 9.68. The number of thiophene rings is 1. The third kappa shape index (κ3) is 2.99. The lowest BCUT2D eigenvalue weighted by Crippen LogP contribution is -2.24. The lowest BCUT2D eigenvalue weighted by molar-refractivity contribution is -0.120. The van der Waals surface area contributed by atoms with E-state index in [1.54, 1.807) is 12.1 Å². The zero-order valence-corrected chi connectivity index (χ0v) is 8.19. The summed E-state index contributed by atoms with van der Waals surface area (Å²) < 4.78 is 0. The Hall–Kier alpha value is -1.16. The molecule has 3 nitrogen and oxygen atoms in total. The molecule has 1 aromatic heterocycles. The minimum absolute atomic E-state index is 0.0473. The molecule has 1 N–H and O–H groups in total. The molecule has 0 spiro atoms. The Bertz CT molecular complexity index is 293. The van der Waals surface area contributed by atoms with E-state index in [0.717, 1.165) is 0 Å². The van der Waals surface area contributed by atoms with Gasteiger partial charge in [0, 0.05) is 6.54 Å². The van der Waals surface area contributed by atoms with Crippen molar-refractivity contribution >= 4 is 23.0 Å². The summed E-state index contributed by atoms with van der Waals surface area (Å²) in [4.78, 5) is 23.0. The summed E-state index contributed by atoms with van der Waals surface area (Å²) >= 11 is 1.36. The van der Waals surface area contributed by atoms with Crippen LogP contribution in [-0.4, -0.2) is 18.2 Å². The Kier molecular flexibility index (Phi) is 3.64. The van der Waals surface area contributed by atoms with E-state index in [1.165, 1.54) is 11.3 Å². The van der Waals surface area contributed by atoms with Crippen LogP contribution in [-0.2, 0) is 4.79 Å². The molecule has 1 amide bonds. The van der Waals surface area contributed by atoms with Crippen molar-refractivity contribution < 1.29 is 9.59 Å². The van der Waals surface area contributed by atoms with Gasteiger partial charge < -0.3 is 5.32 Å². The summed E-state index contributed by atoms with van der Waals surface area (Å²) in [5.74, 6) is -0.318. The maximum Gasteiger partial charge on any atom is 0.227 e. The maximum atomic E-state index is 11.3. The number of hydrogen-bond acceptors (Lipinski definition) is 3. The maximum absolute atomic E-state index is 11.3. The van der Waals surface area contributed by atoms with E-state index in [0.29, 0.717) is 11.4 Å². The summed E-state index contributed by atoms with van der Waals surface area (Å²) in [5, 5.41) is 4.41. The first-order valence-electron chi connectivity index (χ1n) is 4.07. The summed E-state index contributed by atoms with van der Waals surface area (Å²) in [5.41, 5.74) is 0. The van der Waals surface area contributed by atoms with Crippen molar-refractivity contribution in [3.63, 3.8) is 0 Å². The molecule has 0 bridgehead atoms. The van der Waals surface area contributed by atoms with Crippen LogP contribution in [0.4, 0.5) is 0 Å². The first kappa shape index (κ1) is 9.92. The standard InChI is InChI=1S/C9H11NO2S/c1-2-10-9(12)6-7(11)8-4-3-5-13-8/h3-5H,2,6H2,1H3,(H,10,12). The van der Waals surface area contributed by atoms with Gasteiger partial charge in [-0.15, -0.1) is 11.3 Å². The first-order valence-corrected chi connectivity index (χ1v) is 4.95. The molecule has 0 aliphatic heterocycles. The monoisotopic (exact) mass is 197 g/mol. The van der Waals surface area contributed by atoms with Crippen molar-refractivity contribution in [2.24, 2.45) is 0 Å². The Labute approximate surface area is 80.8 Å². The fourth-order valence-electron chi connectivity index (χ4n) is 0.930. The van der Waals surface area contributed by atoms with Crippen molar-refractivity contribution in [1.29, 1.82) is 0 Å². The molecule has 1 heterocycles. The molecule has 4 heteroatoms. The van der Waals surface area contributed by atoms with Gasteiger partial charge in [0.2, 0.25) is 5.91 Å². The Balaban J connectivity index is 2.47. The van der Waals surface area contributed by atoms with Gasteiger partial charge in [-0.1, -0.05) is 6.07 Å². The molecule has 70 valence electrons. The van der Waals surface area contributed by atoms with Gasteiger partial charge in [-0.2, -0.15) is 0 Å². The lowest BCUT2D eigenvalue weighted by atomic mass is 10.2. The Morgan fingerprint density at radius 1 is 1.54 bits per heavy atom. The molecule has 0 fully saturated rings. The van der Waals surface area contributed by atoms with E-state index >= 15 is 0 Å². The van der Waals surface area contributed by atoms with Gasteiger partial charge in [0.25, 0.3) is 0 Å². The molecule has 0 aliphatic carbocycles. The molecular weight excluding hydrogens is 186 g/mol. The number of carbonyl (C=O) groups is 2. The lowest BCUT2D eigenvalue weighted by Gasteiger charge is -1.98. The molecule has 0 saturated carbocycles. The first-order chi connectivity index (χ1) is 6.24. The van der Waals surface area contributed by atoms with E-state index in [1.807, 2.05) is 12.3 Å². The van der Waals surface area contributed by atoms with Crippen LogP contribution in [0, 0.1) is 0 Å². The molecule has 0 aliphatic rings. The van der Waals surface area contributed by atoms with Crippen LogP contribution in [0.1, 0.15) is 23.0 Å². The van der Waals surface area contributed by atoms with Crippen molar-refractivity contribution in [1.82, 2.24) is 5.32 Å². The number of ketones is 1.